The Morgan fingerprint density at radius 3 is 2.35 bits per heavy atom. The van der Waals surface area contributed by atoms with E-state index in [1.807, 2.05) is 13.8 Å². The second-order valence-electron chi connectivity index (χ2n) is 4.06. The molecule has 0 heterocycles. The molecule has 17 heavy (non-hydrogen) atoms. The zero-order valence-corrected chi connectivity index (χ0v) is 12.0. The van der Waals surface area contributed by atoms with Crippen LogP contribution in [-0.4, -0.2) is 20.3 Å². The van der Waals surface area contributed by atoms with Gasteiger partial charge in [0.15, 0.2) is 0 Å². The third-order valence-electron chi connectivity index (χ3n) is 2.40. The Bertz CT molecular complexity index is 474. The number of hydrogen-bond acceptors (Lipinski definition) is 2. The van der Waals surface area contributed by atoms with Crippen molar-refractivity contribution < 1.29 is 8.42 Å². The lowest BCUT2D eigenvalue weighted by molar-refractivity contribution is 0.480. The first-order valence-electron chi connectivity index (χ1n) is 5.21. The Morgan fingerprint density at radius 2 is 1.88 bits per heavy atom. The highest BCUT2D eigenvalue weighted by Crippen LogP contribution is 2.21. The van der Waals surface area contributed by atoms with Crippen molar-refractivity contribution in [2.45, 2.75) is 24.8 Å². The van der Waals surface area contributed by atoms with E-state index in [1.54, 1.807) is 18.2 Å². The fourth-order valence-electron chi connectivity index (χ4n) is 1.27. The van der Waals surface area contributed by atoms with Crippen molar-refractivity contribution in [2.24, 2.45) is 5.92 Å². The van der Waals surface area contributed by atoms with E-state index in [1.165, 1.54) is 6.07 Å². The molecule has 6 heteroatoms. The van der Waals surface area contributed by atoms with Gasteiger partial charge in [0.1, 0.15) is 4.90 Å². The maximum atomic E-state index is 12.1. The average molecular weight is 296 g/mol. The van der Waals surface area contributed by atoms with Crippen LogP contribution in [-0.2, 0) is 10.0 Å². The van der Waals surface area contributed by atoms with Crippen LogP contribution in [0.25, 0.3) is 0 Å². The number of nitrogens with one attached hydrogen (secondary N) is 1. The Kier molecular flexibility index (Phi) is 5.25. The Hall–Kier alpha value is -0.290. The molecule has 3 nitrogen and oxygen atoms in total. The number of benzene rings is 1. The largest absolute Gasteiger partial charge is 0.242 e. The first-order chi connectivity index (χ1) is 7.88. The number of rotatable bonds is 5. The molecule has 0 amide bonds. The molecule has 1 aromatic rings. The third kappa shape index (κ3) is 3.85. The molecule has 0 bridgehead atoms. The summed E-state index contributed by atoms with van der Waals surface area (Å²) in [5.74, 6) is 0.339. The smallest absolute Gasteiger partial charge is 0.207 e. The van der Waals surface area contributed by atoms with Crippen LogP contribution in [0, 0.1) is 5.92 Å². The van der Waals surface area contributed by atoms with E-state index in [2.05, 4.69) is 4.72 Å². The SMILES string of the molecule is CC(C)C(CCl)NS(=O)(=O)c1ccccc1Cl. The van der Waals surface area contributed by atoms with E-state index < -0.39 is 10.0 Å². The van der Waals surface area contributed by atoms with Gasteiger partial charge >= 0.3 is 0 Å². The van der Waals surface area contributed by atoms with Gasteiger partial charge in [0.25, 0.3) is 0 Å². The summed E-state index contributed by atoms with van der Waals surface area (Å²) in [6.07, 6.45) is 0. The molecule has 0 spiro atoms. The van der Waals surface area contributed by atoms with Gasteiger partial charge in [-0.1, -0.05) is 37.6 Å². The van der Waals surface area contributed by atoms with Crippen LogP contribution in [0.4, 0.5) is 0 Å². The van der Waals surface area contributed by atoms with Gasteiger partial charge in [0.05, 0.1) is 5.02 Å². The molecule has 0 aromatic heterocycles. The van der Waals surface area contributed by atoms with Crippen LogP contribution < -0.4 is 4.72 Å². The molecule has 1 rings (SSSR count). The first-order valence-corrected chi connectivity index (χ1v) is 7.61. The normalized spacial score (nSPS) is 13.9. The van der Waals surface area contributed by atoms with Crippen molar-refractivity contribution in [3.8, 4) is 0 Å². The summed E-state index contributed by atoms with van der Waals surface area (Å²) >= 11 is 11.6. The van der Waals surface area contributed by atoms with Crippen molar-refractivity contribution in [2.75, 3.05) is 5.88 Å². The van der Waals surface area contributed by atoms with Crippen molar-refractivity contribution in [3.05, 3.63) is 29.3 Å². The highest BCUT2D eigenvalue weighted by Gasteiger charge is 2.23. The van der Waals surface area contributed by atoms with Crippen molar-refractivity contribution in [1.29, 1.82) is 0 Å². The van der Waals surface area contributed by atoms with Crippen LogP contribution in [0.15, 0.2) is 29.2 Å². The second kappa shape index (κ2) is 6.05. The average Bonchev–Trinajstić information content (AvgIpc) is 2.26. The van der Waals surface area contributed by atoms with Gasteiger partial charge in [-0.25, -0.2) is 13.1 Å². The molecular weight excluding hydrogens is 281 g/mol. The standard InChI is InChI=1S/C11H15Cl2NO2S/c1-8(2)10(7-12)14-17(15,16)11-6-4-3-5-9(11)13/h3-6,8,10,14H,7H2,1-2H3. The fourth-order valence-corrected chi connectivity index (χ4v) is 3.70. The predicted molar refractivity (Wildman–Crippen MR) is 71.1 cm³/mol. The van der Waals surface area contributed by atoms with E-state index in [9.17, 15) is 8.42 Å². The monoisotopic (exact) mass is 295 g/mol. The van der Waals surface area contributed by atoms with Crippen LogP contribution >= 0.6 is 23.2 Å². The van der Waals surface area contributed by atoms with E-state index in [0.29, 0.717) is 0 Å². The molecule has 0 saturated heterocycles. The summed E-state index contributed by atoms with van der Waals surface area (Å²) in [4.78, 5) is 0.0810. The number of hydrogen-bond donors (Lipinski definition) is 1. The lowest BCUT2D eigenvalue weighted by Gasteiger charge is -2.19. The Labute approximate surface area is 112 Å². The van der Waals surface area contributed by atoms with Gasteiger partial charge in [0.2, 0.25) is 10.0 Å². The van der Waals surface area contributed by atoms with Crippen molar-refractivity contribution in [1.82, 2.24) is 4.72 Å². The van der Waals surface area contributed by atoms with E-state index >= 15 is 0 Å². The zero-order chi connectivity index (χ0) is 13.1. The molecule has 0 aliphatic heterocycles. The Balaban J connectivity index is 3.01. The summed E-state index contributed by atoms with van der Waals surface area (Å²) < 4.78 is 26.7. The molecule has 1 unspecified atom stereocenters. The molecule has 0 aliphatic rings. The molecule has 0 radical (unpaired) electrons. The number of halogens is 2. The van der Waals surface area contributed by atoms with Crippen molar-refractivity contribution in [3.63, 3.8) is 0 Å². The molecular formula is C11H15Cl2NO2S. The van der Waals surface area contributed by atoms with Crippen molar-refractivity contribution >= 4 is 33.2 Å². The summed E-state index contributed by atoms with van der Waals surface area (Å²) in [6, 6.07) is 6.02. The molecule has 0 fully saturated rings. The van der Waals surface area contributed by atoms with E-state index in [4.69, 9.17) is 23.2 Å². The molecule has 1 N–H and O–H groups in total. The van der Waals surface area contributed by atoms with Gasteiger partial charge in [0, 0.05) is 11.9 Å². The topological polar surface area (TPSA) is 46.2 Å². The first kappa shape index (κ1) is 14.8. The van der Waals surface area contributed by atoms with Crippen LogP contribution in [0.1, 0.15) is 13.8 Å². The Morgan fingerprint density at radius 1 is 1.29 bits per heavy atom. The number of alkyl halides is 1. The predicted octanol–water partition coefficient (Wildman–Crippen LogP) is 2.88. The zero-order valence-electron chi connectivity index (χ0n) is 9.65. The molecule has 0 saturated carbocycles. The fraction of sp³-hybridized carbons (Fsp3) is 0.455. The third-order valence-corrected chi connectivity index (χ3v) is 4.73. The lowest BCUT2D eigenvalue weighted by atomic mass is 10.1. The highest BCUT2D eigenvalue weighted by atomic mass is 35.5. The molecule has 1 atom stereocenters. The summed E-state index contributed by atoms with van der Waals surface area (Å²) in [5.41, 5.74) is 0. The van der Waals surface area contributed by atoms with Crippen LogP contribution in [0.2, 0.25) is 5.02 Å². The minimum Gasteiger partial charge on any atom is -0.207 e. The number of sulfonamides is 1. The lowest BCUT2D eigenvalue weighted by Crippen LogP contribution is -2.39. The van der Waals surface area contributed by atoms with Gasteiger partial charge in [-0.05, 0) is 18.1 Å². The van der Waals surface area contributed by atoms with Crippen LogP contribution in [0.5, 0.6) is 0 Å². The van der Waals surface area contributed by atoms with Gasteiger partial charge in [-0.3, -0.25) is 0 Å². The minimum atomic E-state index is -3.61. The summed E-state index contributed by atoms with van der Waals surface area (Å²) in [6.45, 7) is 3.81. The molecule has 1 aromatic carbocycles. The maximum Gasteiger partial charge on any atom is 0.242 e. The second-order valence-corrected chi connectivity index (χ2v) is 6.45. The van der Waals surface area contributed by atoms with Crippen LogP contribution in [0.3, 0.4) is 0 Å². The minimum absolute atomic E-state index is 0.0810. The van der Waals surface area contributed by atoms with E-state index in [-0.39, 0.29) is 27.8 Å². The van der Waals surface area contributed by atoms with Gasteiger partial charge in [-0.15, -0.1) is 11.6 Å². The summed E-state index contributed by atoms with van der Waals surface area (Å²) in [5, 5.41) is 0.206. The quantitative estimate of drug-likeness (QED) is 0.849. The summed E-state index contributed by atoms with van der Waals surface area (Å²) in [7, 11) is -3.61. The van der Waals surface area contributed by atoms with Gasteiger partial charge in [-0.2, -0.15) is 0 Å². The maximum absolute atomic E-state index is 12.1. The molecule has 96 valence electrons. The van der Waals surface area contributed by atoms with E-state index in [0.717, 1.165) is 0 Å². The van der Waals surface area contributed by atoms with Gasteiger partial charge < -0.3 is 0 Å². The molecule has 0 aliphatic carbocycles. The highest BCUT2D eigenvalue weighted by molar-refractivity contribution is 7.89.